The van der Waals surface area contributed by atoms with Crippen LogP contribution in [0.3, 0.4) is 0 Å². The van der Waals surface area contributed by atoms with Crippen molar-refractivity contribution in [2.75, 3.05) is 13.1 Å². The van der Waals surface area contributed by atoms with E-state index in [1.54, 1.807) is 6.92 Å². The van der Waals surface area contributed by atoms with Gasteiger partial charge in [0.25, 0.3) is 0 Å². The molecule has 1 heterocycles. The van der Waals surface area contributed by atoms with Gasteiger partial charge in [-0.25, -0.2) is 4.79 Å². The van der Waals surface area contributed by atoms with E-state index in [-0.39, 0.29) is 17.7 Å². The molecule has 0 radical (unpaired) electrons. The number of rotatable bonds is 4. The van der Waals surface area contributed by atoms with Crippen LogP contribution in [-0.4, -0.2) is 47.9 Å². The maximum absolute atomic E-state index is 12.4. The summed E-state index contributed by atoms with van der Waals surface area (Å²) in [4.78, 5) is 36.4. The van der Waals surface area contributed by atoms with Gasteiger partial charge in [0.05, 0.1) is 0 Å². The van der Waals surface area contributed by atoms with E-state index in [4.69, 9.17) is 5.73 Å². The summed E-state index contributed by atoms with van der Waals surface area (Å²) < 4.78 is 0. The van der Waals surface area contributed by atoms with E-state index in [9.17, 15) is 14.4 Å². The minimum absolute atomic E-state index is 0.179. The molecule has 1 saturated heterocycles. The molecule has 0 aromatic carbocycles. The van der Waals surface area contributed by atoms with E-state index in [2.05, 4.69) is 10.6 Å². The molecule has 4 N–H and O–H groups in total. The van der Waals surface area contributed by atoms with Crippen LogP contribution in [-0.2, 0) is 9.59 Å². The molecular formula is C12H22N4O3. The van der Waals surface area contributed by atoms with Gasteiger partial charge in [0.2, 0.25) is 11.8 Å². The predicted molar refractivity (Wildman–Crippen MR) is 70.1 cm³/mol. The zero-order valence-electron chi connectivity index (χ0n) is 11.6. The first-order valence-electron chi connectivity index (χ1n) is 6.47. The fourth-order valence-corrected chi connectivity index (χ4v) is 2.15. The highest BCUT2D eigenvalue weighted by Gasteiger charge is 2.34. The van der Waals surface area contributed by atoms with Gasteiger partial charge < -0.3 is 21.3 Å². The van der Waals surface area contributed by atoms with Crippen molar-refractivity contribution in [1.29, 1.82) is 0 Å². The maximum atomic E-state index is 12.4. The highest BCUT2D eigenvalue weighted by atomic mass is 16.2. The van der Waals surface area contributed by atoms with Crippen LogP contribution in [0.25, 0.3) is 0 Å². The average molecular weight is 270 g/mol. The zero-order valence-corrected chi connectivity index (χ0v) is 11.6. The molecule has 2 atom stereocenters. The molecule has 4 amide bonds. The van der Waals surface area contributed by atoms with Gasteiger partial charge in [0.1, 0.15) is 12.1 Å². The first-order chi connectivity index (χ1) is 8.82. The van der Waals surface area contributed by atoms with E-state index >= 15 is 0 Å². The number of carbonyl (C=O) groups is 3. The summed E-state index contributed by atoms with van der Waals surface area (Å²) in [6.07, 6.45) is 0.493. The molecule has 0 aromatic heterocycles. The molecule has 7 heteroatoms. The lowest BCUT2D eigenvalue weighted by atomic mass is 10.0. The van der Waals surface area contributed by atoms with E-state index in [0.717, 1.165) is 0 Å². The topological polar surface area (TPSA) is 105 Å². The van der Waals surface area contributed by atoms with Crippen LogP contribution in [0.1, 0.15) is 27.2 Å². The van der Waals surface area contributed by atoms with Crippen molar-refractivity contribution >= 4 is 17.8 Å². The lowest BCUT2D eigenvalue weighted by Gasteiger charge is -2.35. The summed E-state index contributed by atoms with van der Waals surface area (Å²) in [5, 5.41) is 5.15. The molecule has 1 rings (SSSR count). The molecular weight excluding hydrogens is 248 g/mol. The fourth-order valence-electron chi connectivity index (χ4n) is 2.15. The van der Waals surface area contributed by atoms with Crippen molar-refractivity contribution in [2.24, 2.45) is 11.7 Å². The van der Waals surface area contributed by atoms with Gasteiger partial charge in [-0.15, -0.1) is 0 Å². The van der Waals surface area contributed by atoms with Crippen LogP contribution in [0, 0.1) is 5.92 Å². The van der Waals surface area contributed by atoms with Gasteiger partial charge in [-0.2, -0.15) is 0 Å². The third-order valence-electron chi connectivity index (χ3n) is 3.10. The summed E-state index contributed by atoms with van der Waals surface area (Å²) in [5.74, 6) is -0.202. The highest BCUT2D eigenvalue weighted by molar-refractivity contribution is 5.92. The molecule has 1 fully saturated rings. The van der Waals surface area contributed by atoms with Crippen LogP contribution < -0.4 is 16.4 Å². The number of nitrogens with zero attached hydrogens (tertiary/aromatic N) is 1. The normalized spacial score (nSPS) is 20.9. The monoisotopic (exact) mass is 270 g/mol. The molecule has 0 spiro atoms. The van der Waals surface area contributed by atoms with Gasteiger partial charge in [-0.3, -0.25) is 9.59 Å². The van der Waals surface area contributed by atoms with Crippen LogP contribution in [0.2, 0.25) is 0 Å². The molecule has 1 aliphatic rings. The molecule has 0 aromatic rings. The molecule has 1 aliphatic heterocycles. The van der Waals surface area contributed by atoms with Gasteiger partial charge in [0.15, 0.2) is 0 Å². The molecule has 108 valence electrons. The SMILES string of the molecule is CC(C)CC(NC(N)=O)C(=O)N1CCNC(=O)C1C. The second-order valence-electron chi connectivity index (χ2n) is 5.19. The number of piperazine rings is 1. The Bertz CT molecular complexity index is 370. The smallest absolute Gasteiger partial charge is 0.312 e. The predicted octanol–water partition coefficient (Wildman–Crippen LogP) is -0.584. The van der Waals surface area contributed by atoms with Crippen molar-refractivity contribution in [3.63, 3.8) is 0 Å². The van der Waals surface area contributed by atoms with Gasteiger partial charge in [0, 0.05) is 13.1 Å². The first kappa shape index (κ1) is 15.3. The van der Waals surface area contributed by atoms with E-state index in [1.807, 2.05) is 13.8 Å². The molecule has 7 nitrogen and oxygen atoms in total. The van der Waals surface area contributed by atoms with Crippen molar-refractivity contribution < 1.29 is 14.4 Å². The molecule has 0 aliphatic carbocycles. The van der Waals surface area contributed by atoms with Crippen LogP contribution in [0.4, 0.5) is 4.79 Å². The van der Waals surface area contributed by atoms with Crippen molar-refractivity contribution in [3.8, 4) is 0 Å². The van der Waals surface area contributed by atoms with E-state index in [0.29, 0.717) is 19.5 Å². The van der Waals surface area contributed by atoms with Crippen LogP contribution >= 0.6 is 0 Å². The highest BCUT2D eigenvalue weighted by Crippen LogP contribution is 2.12. The Balaban J connectivity index is 2.79. The van der Waals surface area contributed by atoms with E-state index < -0.39 is 18.1 Å². The molecule has 2 unspecified atom stereocenters. The van der Waals surface area contributed by atoms with E-state index in [1.165, 1.54) is 4.90 Å². The average Bonchev–Trinajstić information content (AvgIpc) is 2.30. The van der Waals surface area contributed by atoms with Crippen molar-refractivity contribution in [1.82, 2.24) is 15.5 Å². The number of hydrogen-bond donors (Lipinski definition) is 3. The number of amides is 4. The van der Waals surface area contributed by atoms with Gasteiger partial charge in [-0.1, -0.05) is 13.8 Å². The van der Waals surface area contributed by atoms with Crippen molar-refractivity contribution in [3.05, 3.63) is 0 Å². The molecule has 0 saturated carbocycles. The number of hydrogen-bond acceptors (Lipinski definition) is 3. The summed E-state index contributed by atoms with van der Waals surface area (Å²) in [7, 11) is 0. The quantitative estimate of drug-likeness (QED) is 0.636. The van der Waals surface area contributed by atoms with Gasteiger partial charge in [-0.05, 0) is 19.3 Å². The third-order valence-corrected chi connectivity index (χ3v) is 3.10. The summed E-state index contributed by atoms with van der Waals surface area (Å²) in [6, 6.07) is -1.93. The summed E-state index contributed by atoms with van der Waals surface area (Å²) in [6.45, 7) is 6.45. The number of nitrogens with one attached hydrogen (secondary N) is 2. The molecule has 19 heavy (non-hydrogen) atoms. The number of nitrogens with two attached hydrogens (primary N) is 1. The second kappa shape index (κ2) is 6.40. The van der Waals surface area contributed by atoms with Crippen molar-refractivity contribution in [2.45, 2.75) is 39.3 Å². The number of carbonyl (C=O) groups excluding carboxylic acids is 3. The van der Waals surface area contributed by atoms with Crippen LogP contribution in [0.15, 0.2) is 0 Å². The maximum Gasteiger partial charge on any atom is 0.312 e. The number of urea groups is 1. The Morgan fingerprint density at radius 1 is 1.53 bits per heavy atom. The Labute approximate surface area is 112 Å². The third kappa shape index (κ3) is 4.11. The Hall–Kier alpha value is -1.79. The fraction of sp³-hybridized carbons (Fsp3) is 0.750. The minimum atomic E-state index is -0.729. The van der Waals surface area contributed by atoms with Crippen LogP contribution in [0.5, 0.6) is 0 Å². The van der Waals surface area contributed by atoms with Gasteiger partial charge >= 0.3 is 6.03 Å². The Morgan fingerprint density at radius 2 is 2.16 bits per heavy atom. The standard InChI is InChI=1S/C12H22N4O3/c1-7(2)6-9(15-12(13)19)11(18)16-5-4-14-10(17)8(16)3/h7-9H,4-6H2,1-3H3,(H,14,17)(H3,13,15,19). The summed E-state index contributed by atoms with van der Waals surface area (Å²) in [5.41, 5.74) is 5.10. The Morgan fingerprint density at radius 3 is 2.68 bits per heavy atom. The first-order valence-corrected chi connectivity index (χ1v) is 6.47. The Kier molecular flexibility index (Phi) is 5.14. The lowest BCUT2D eigenvalue weighted by molar-refractivity contribution is -0.144. The molecule has 0 bridgehead atoms. The second-order valence-corrected chi connectivity index (χ2v) is 5.19. The summed E-state index contributed by atoms with van der Waals surface area (Å²) >= 11 is 0. The number of primary amides is 1. The lowest BCUT2D eigenvalue weighted by Crippen LogP contribution is -2.60. The zero-order chi connectivity index (χ0) is 14.6. The largest absolute Gasteiger partial charge is 0.353 e. The minimum Gasteiger partial charge on any atom is -0.353 e.